The number of para-hydroxylation sites is 1. The van der Waals surface area contributed by atoms with Crippen LogP contribution in [0.2, 0.25) is 0 Å². The highest BCUT2D eigenvalue weighted by Crippen LogP contribution is 2.27. The molecule has 0 aromatic heterocycles. The average molecular weight is 264 g/mol. The fourth-order valence-corrected chi connectivity index (χ4v) is 1.73. The Balaban J connectivity index is 2.17. The quantitative estimate of drug-likeness (QED) is 0.583. The summed E-state index contributed by atoms with van der Waals surface area (Å²) in [5, 5.41) is 3.13. The molecule has 5 nitrogen and oxygen atoms in total. The van der Waals surface area contributed by atoms with E-state index < -0.39 is 11.4 Å². The van der Waals surface area contributed by atoms with Crippen LogP contribution in [0.25, 0.3) is 0 Å². The van der Waals surface area contributed by atoms with Crippen LogP contribution >= 0.6 is 0 Å². The van der Waals surface area contributed by atoms with Gasteiger partial charge in [-0.2, -0.15) is 4.21 Å². The van der Waals surface area contributed by atoms with Gasteiger partial charge in [0.15, 0.2) is 0 Å². The monoisotopic (exact) mass is 264 g/mol. The second-order valence-electron chi connectivity index (χ2n) is 3.54. The first-order valence-electron chi connectivity index (χ1n) is 5.16. The molecule has 6 heteroatoms. The van der Waals surface area contributed by atoms with Gasteiger partial charge in [-0.25, -0.2) is 0 Å². The molecule has 0 fully saturated rings. The molecule has 0 amide bonds. The summed E-state index contributed by atoms with van der Waals surface area (Å²) in [4.78, 5) is 0. The lowest BCUT2D eigenvalue weighted by Gasteiger charge is -2.10. The molecule has 0 radical (unpaired) electrons. The first-order valence-corrected chi connectivity index (χ1v) is 6.19. The number of nitrogens with two attached hydrogens (primary N) is 1. The maximum absolute atomic E-state index is 10.5. The molecule has 0 saturated carbocycles. The van der Waals surface area contributed by atoms with E-state index in [1.54, 1.807) is 12.1 Å². The van der Waals surface area contributed by atoms with Crippen LogP contribution in [0.4, 0.5) is 17.1 Å². The van der Waals surface area contributed by atoms with Crippen molar-refractivity contribution < 1.29 is 12.9 Å². The summed E-state index contributed by atoms with van der Waals surface area (Å²) in [7, 11) is 0. The average Bonchev–Trinajstić information content (AvgIpc) is 2.33. The van der Waals surface area contributed by atoms with E-state index in [-0.39, 0.29) is 5.75 Å². The molecule has 1 unspecified atom stereocenters. The van der Waals surface area contributed by atoms with Crippen molar-refractivity contribution in [2.75, 3.05) is 11.1 Å². The van der Waals surface area contributed by atoms with Crippen LogP contribution in [0.5, 0.6) is 5.75 Å². The van der Waals surface area contributed by atoms with Crippen molar-refractivity contribution in [1.29, 1.82) is 0 Å². The third-order valence-electron chi connectivity index (χ3n) is 2.24. The summed E-state index contributed by atoms with van der Waals surface area (Å²) >= 11 is -2.35. The van der Waals surface area contributed by atoms with Crippen molar-refractivity contribution in [3.05, 3.63) is 48.5 Å². The molecular weight excluding hydrogens is 252 g/mol. The Morgan fingerprint density at radius 1 is 1.17 bits per heavy atom. The van der Waals surface area contributed by atoms with E-state index in [0.717, 1.165) is 5.69 Å². The molecule has 4 N–H and O–H groups in total. The Hall–Kier alpha value is -2.05. The van der Waals surface area contributed by atoms with E-state index in [1.165, 1.54) is 6.07 Å². The third kappa shape index (κ3) is 3.22. The highest BCUT2D eigenvalue weighted by atomic mass is 32.2. The van der Waals surface area contributed by atoms with Crippen LogP contribution in [-0.4, -0.2) is 8.76 Å². The number of rotatable bonds is 4. The second-order valence-corrected chi connectivity index (χ2v) is 4.14. The van der Waals surface area contributed by atoms with Gasteiger partial charge in [-0.05, 0) is 24.3 Å². The Morgan fingerprint density at radius 3 is 2.50 bits per heavy atom. The van der Waals surface area contributed by atoms with E-state index >= 15 is 0 Å². The highest BCUT2D eigenvalue weighted by molar-refractivity contribution is 7.74. The summed E-state index contributed by atoms with van der Waals surface area (Å²) in [5.41, 5.74) is 7.87. The lowest BCUT2D eigenvalue weighted by Crippen LogP contribution is -2.00. The Kier molecular flexibility index (Phi) is 3.81. The molecule has 0 aliphatic carbocycles. The highest BCUT2D eigenvalue weighted by Gasteiger charge is 2.04. The summed E-state index contributed by atoms with van der Waals surface area (Å²) in [5.74, 6) is 0.243. The predicted octanol–water partition coefficient (Wildman–Crippen LogP) is 2.53. The summed E-state index contributed by atoms with van der Waals surface area (Å²) < 4.78 is 23.7. The molecule has 2 aromatic carbocycles. The second kappa shape index (κ2) is 5.52. The minimum atomic E-state index is -2.35. The molecule has 0 saturated heterocycles. The minimum Gasteiger partial charge on any atom is -0.397 e. The first kappa shape index (κ1) is 12.4. The maximum Gasteiger partial charge on any atom is 0.357 e. The maximum atomic E-state index is 10.5. The van der Waals surface area contributed by atoms with Gasteiger partial charge >= 0.3 is 11.4 Å². The molecule has 0 bridgehead atoms. The Labute approximate surface area is 107 Å². The number of nitrogens with one attached hydrogen (secondary N) is 1. The van der Waals surface area contributed by atoms with Gasteiger partial charge < -0.3 is 15.2 Å². The zero-order valence-electron chi connectivity index (χ0n) is 9.37. The molecule has 2 aromatic rings. The van der Waals surface area contributed by atoms with Crippen molar-refractivity contribution in [2.24, 2.45) is 0 Å². The van der Waals surface area contributed by atoms with Crippen molar-refractivity contribution >= 4 is 28.4 Å². The lowest BCUT2D eigenvalue weighted by atomic mass is 10.2. The van der Waals surface area contributed by atoms with Gasteiger partial charge in [0.2, 0.25) is 0 Å². The molecular formula is C12H12N2O3S. The molecule has 94 valence electrons. The van der Waals surface area contributed by atoms with E-state index in [0.29, 0.717) is 11.4 Å². The van der Waals surface area contributed by atoms with Crippen LogP contribution < -0.4 is 15.2 Å². The third-order valence-corrected chi connectivity index (χ3v) is 2.58. The molecule has 18 heavy (non-hydrogen) atoms. The largest absolute Gasteiger partial charge is 0.397 e. The Morgan fingerprint density at radius 2 is 1.89 bits per heavy atom. The SMILES string of the molecule is Nc1cc(OS(=O)O)ccc1Nc1ccccc1. The van der Waals surface area contributed by atoms with Crippen LogP contribution in [0.1, 0.15) is 0 Å². The molecule has 0 aliphatic heterocycles. The first-order chi connectivity index (χ1) is 8.65. The topological polar surface area (TPSA) is 84.6 Å². The van der Waals surface area contributed by atoms with Crippen LogP contribution in [-0.2, 0) is 11.4 Å². The van der Waals surface area contributed by atoms with Gasteiger partial charge in [-0.1, -0.05) is 18.2 Å². The van der Waals surface area contributed by atoms with E-state index in [2.05, 4.69) is 9.50 Å². The van der Waals surface area contributed by atoms with Gasteiger partial charge in [0, 0.05) is 11.8 Å². The normalized spacial score (nSPS) is 11.8. The lowest BCUT2D eigenvalue weighted by molar-refractivity contribution is 0.458. The van der Waals surface area contributed by atoms with Gasteiger partial charge in [0.1, 0.15) is 5.75 Å². The summed E-state index contributed by atoms with van der Waals surface area (Å²) in [6, 6.07) is 14.3. The van der Waals surface area contributed by atoms with E-state index in [1.807, 2.05) is 30.3 Å². The predicted molar refractivity (Wildman–Crippen MR) is 72.0 cm³/mol. The molecule has 0 aliphatic rings. The number of hydrogen-bond acceptors (Lipinski definition) is 4. The van der Waals surface area contributed by atoms with Crippen LogP contribution in [0.15, 0.2) is 48.5 Å². The van der Waals surface area contributed by atoms with Crippen molar-refractivity contribution in [3.8, 4) is 5.75 Å². The zero-order valence-corrected chi connectivity index (χ0v) is 10.2. The van der Waals surface area contributed by atoms with Crippen molar-refractivity contribution in [3.63, 3.8) is 0 Å². The molecule has 2 rings (SSSR count). The van der Waals surface area contributed by atoms with Gasteiger partial charge in [0.25, 0.3) is 0 Å². The van der Waals surface area contributed by atoms with Gasteiger partial charge in [-0.3, -0.25) is 4.55 Å². The van der Waals surface area contributed by atoms with Crippen LogP contribution in [0.3, 0.4) is 0 Å². The van der Waals surface area contributed by atoms with Crippen molar-refractivity contribution in [1.82, 2.24) is 0 Å². The van der Waals surface area contributed by atoms with Crippen LogP contribution in [0, 0.1) is 0 Å². The fraction of sp³-hybridized carbons (Fsp3) is 0. The van der Waals surface area contributed by atoms with Crippen molar-refractivity contribution in [2.45, 2.75) is 0 Å². The van der Waals surface area contributed by atoms with Gasteiger partial charge in [-0.15, -0.1) is 0 Å². The summed E-state index contributed by atoms with van der Waals surface area (Å²) in [6.45, 7) is 0. The smallest absolute Gasteiger partial charge is 0.357 e. The standard InChI is InChI=1S/C12H12N2O3S/c13-11-8-10(17-18(15)16)6-7-12(11)14-9-4-2-1-3-5-9/h1-8,14H,13H2,(H,15,16). The Bertz CT molecular complexity index is 561. The number of nitrogen functional groups attached to an aromatic ring is 1. The number of benzene rings is 2. The molecule has 0 spiro atoms. The van der Waals surface area contributed by atoms with E-state index in [9.17, 15) is 4.21 Å². The minimum absolute atomic E-state index is 0.243. The number of hydrogen-bond donors (Lipinski definition) is 3. The summed E-state index contributed by atoms with van der Waals surface area (Å²) in [6.07, 6.45) is 0. The molecule has 0 heterocycles. The number of anilines is 3. The zero-order chi connectivity index (χ0) is 13.0. The molecule has 1 atom stereocenters. The van der Waals surface area contributed by atoms with E-state index in [4.69, 9.17) is 10.3 Å². The van der Waals surface area contributed by atoms with Gasteiger partial charge in [0.05, 0.1) is 11.4 Å². The fourth-order valence-electron chi connectivity index (χ4n) is 1.47.